The van der Waals surface area contributed by atoms with E-state index in [9.17, 15) is 13.2 Å². The van der Waals surface area contributed by atoms with Crippen molar-refractivity contribution in [3.8, 4) is 5.75 Å². The van der Waals surface area contributed by atoms with Crippen LogP contribution in [0.1, 0.15) is 65.7 Å². The number of hydrogen-bond acceptors (Lipinski definition) is 4. The van der Waals surface area contributed by atoms with Crippen molar-refractivity contribution in [3.05, 3.63) is 18.2 Å². The molecule has 1 aliphatic heterocycles. The topological polar surface area (TPSA) is 75.7 Å². The smallest absolute Gasteiger partial charge is 0.240 e. The number of carbonyl (C=O) groups excluding carboxylic acids is 1. The molecule has 0 saturated heterocycles. The molecule has 1 aromatic carbocycles. The molecule has 0 radical (unpaired) electrons. The Morgan fingerprint density at radius 3 is 2.41 bits per heavy atom. The highest BCUT2D eigenvalue weighted by molar-refractivity contribution is 7.89. The molecule has 0 unspecified atom stereocenters. The predicted octanol–water partition coefficient (Wildman–Crippen LogP) is 3.60. The van der Waals surface area contributed by atoms with Crippen LogP contribution in [0.4, 0.5) is 5.69 Å². The lowest BCUT2D eigenvalue weighted by molar-refractivity contribution is -0.117. The minimum Gasteiger partial charge on any atom is -0.484 e. The van der Waals surface area contributed by atoms with Gasteiger partial charge in [0.2, 0.25) is 15.9 Å². The van der Waals surface area contributed by atoms with Gasteiger partial charge in [0.15, 0.2) is 0 Å². The summed E-state index contributed by atoms with van der Waals surface area (Å²) in [5, 5.41) is 0. The van der Waals surface area contributed by atoms with Gasteiger partial charge in [0.25, 0.3) is 0 Å². The van der Waals surface area contributed by atoms with Crippen molar-refractivity contribution >= 4 is 21.6 Å². The minimum atomic E-state index is -3.64. The molecule has 1 amide bonds. The van der Waals surface area contributed by atoms with Gasteiger partial charge in [-0.3, -0.25) is 4.79 Å². The molecule has 1 heterocycles. The zero-order chi connectivity index (χ0) is 19.7. The van der Waals surface area contributed by atoms with E-state index in [2.05, 4.69) is 4.72 Å². The van der Waals surface area contributed by atoms with Crippen molar-refractivity contribution < 1.29 is 17.9 Å². The average Bonchev–Trinajstić information content (AvgIpc) is 2.55. The van der Waals surface area contributed by atoms with Crippen molar-refractivity contribution in [2.24, 2.45) is 0 Å². The molecule has 1 saturated carbocycles. The summed E-state index contributed by atoms with van der Waals surface area (Å²) in [5.74, 6) is 0.404. The molecule has 6 nitrogen and oxygen atoms in total. The molecule has 1 fully saturated rings. The first-order chi connectivity index (χ1) is 12.7. The van der Waals surface area contributed by atoms with Crippen LogP contribution in [0.5, 0.6) is 5.75 Å². The Kier molecular flexibility index (Phi) is 5.82. The van der Waals surface area contributed by atoms with E-state index in [1.165, 1.54) is 13.3 Å². The second-order valence-electron chi connectivity index (χ2n) is 8.26. The van der Waals surface area contributed by atoms with Gasteiger partial charge in [-0.1, -0.05) is 32.1 Å². The molecule has 3 rings (SSSR count). The lowest BCUT2D eigenvalue weighted by Gasteiger charge is -2.39. The molecule has 2 aliphatic rings. The average molecular weight is 395 g/mol. The maximum absolute atomic E-state index is 12.9. The largest absolute Gasteiger partial charge is 0.484 e. The van der Waals surface area contributed by atoms with Crippen LogP contribution in [-0.4, -0.2) is 32.5 Å². The summed E-state index contributed by atoms with van der Waals surface area (Å²) >= 11 is 0. The SMILES string of the molecule is CC(=O)N1CC(C)(C)Oc2ccc(S(=O)(=O)NC3CCCCCCC3)cc21. The van der Waals surface area contributed by atoms with E-state index in [0.717, 1.165) is 38.5 Å². The number of nitrogens with zero attached hydrogens (tertiary/aromatic N) is 1. The summed E-state index contributed by atoms with van der Waals surface area (Å²) in [6.45, 7) is 5.69. The van der Waals surface area contributed by atoms with E-state index in [1.54, 1.807) is 23.1 Å². The van der Waals surface area contributed by atoms with Gasteiger partial charge in [0, 0.05) is 13.0 Å². The Balaban J connectivity index is 1.86. The van der Waals surface area contributed by atoms with Crippen LogP contribution < -0.4 is 14.4 Å². The molecule has 1 N–H and O–H groups in total. The standard InChI is InChI=1S/C20H30N2O4S/c1-15(23)22-14-20(2,3)26-19-12-11-17(13-18(19)22)27(24,25)21-16-9-7-5-4-6-8-10-16/h11-13,16,21H,4-10,14H2,1-3H3. The summed E-state index contributed by atoms with van der Waals surface area (Å²) in [4.78, 5) is 13.9. The molecule has 150 valence electrons. The number of carbonyl (C=O) groups is 1. The molecular weight excluding hydrogens is 364 g/mol. The van der Waals surface area contributed by atoms with Crippen molar-refractivity contribution in [1.82, 2.24) is 4.72 Å². The first kappa shape index (κ1) is 20.1. The first-order valence-corrected chi connectivity index (χ1v) is 11.3. The monoisotopic (exact) mass is 394 g/mol. The van der Waals surface area contributed by atoms with Crippen LogP contribution in [0.2, 0.25) is 0 Å². The number of benzene rings is 1. The molecule has 0 aromatic heterocycles. The number of sulfonamides is 1. The van der Waals surface area contributed by atoms with Gasteiger partial charge in [0.1, 0.15) is 11.4 Å². The fourth-order valence-electron chi connectivity index (χ4n) is 3.90. The van der Waals surface area contributed by atoms with Crippen molar-refractivity contribution in [1.29, 1.82) is 0 Å². The number of hydrogen-bond donors (Lipinski definition) is 1. The number of amides is 1. The minimum absolute atomic E-state index is 0.0228. The predicted molar refractivity (Wildman–Crippen MR) is 106 cm³/mol. The number of rotatable bonds is 3. The Hall–Kier alpha value is -1.60. The van der Waals surface area contributed by atoms with Crippen LogP contribution in [0.25, 0.3) is 0 Å². The highest BCUT2D eigenvalue weighted by Crippen LogP contribution is 2.38. The van der Waals surface area contributed by atoms with Crippen LogP contribution in [-0.2, 0) is 14.8 Å². The third kappa shape index (κ3) is 4.82. The van der Waals surface area contributed by atoms with Crippen LogP contribution in [0.3, 0.4) is 0 Å². The third-order valence-electron chi connectivity index (χ3n) is 5.26. The van der Waals surface area contributed by atoms with Crippen molar-refractivity contribution in [2.45, 2.75) is 82.3 Å². The van der Waals surface area contributed by atoms with Gasteiger partial charge >= 0.3 is 0 Å². The van der Waals surface area contributed by atoms with Gasteiger partial charge in [-0.05, 0) is 44.9 Å². The Bertz CT molecular complexity index is 796. The van der Waals surface area contributed by atoms with Crippen molar-refractivity contribution in [2.75, 3.05) is 11.4 Å². The second-order valence-corrected chi connectivity index (χ2v) is 9.97. The van der Waals surface area contributed by atoms with E-state index >= 15 is 0 Å². The molecular formula is C20H30N2O4S. The Morgan fingerprint density at radius 1 is 1.15 bits per heavy atom. The van der Waals surface area contributed by atoms with Gasteiger partial charge in [-0.25, -0.2) is 13.1 Å². The maximum Gasteiger partial charge on any atom is 0.240 e. The zero-order valence-corrected chi connectivity index (χ0v) is 17.3. The molecule has 1 aromatic rings. The van der Waals surface area contributed by atoms with E-state index < -0.39 is 15.6 Å². The number of ether oxygens (including phenoxy) is 1. The summed E-state index contributed by atoms with van der Waals surface area (Å²) in [6.07, 6.45) is 7.43. The normalized spacial score (nSPS) is 20.9. The first-order valence-electron chi connectivity index (χ1n) is 9.81. The Labute approximate surface area is 162 Å². The quantitative estimate of drug-likeness (QED) is 0.850. The molecule has 0 spiro atoms. The lowest BCUT2D eigenvalue weighted by atomic mass is 9.97. The second kappa shape index (κ2) is 7.80. The summed E-state index contributed by atoms with van der Waals surface area (Å²) in [6, 6.07) is 4.74. The van der Waals surface area contributed by atoms with Gasteiger partial charge in [0.05, 0.1) is 17.1 Å². The van der Waals surface area contributed by atoms with E-state index in [-0.39, 0.29) is 16.8 Å². The van der Waals surface area contributed by atoms with E-state index in [1.807, 2.05) is 13.8 Å². The van der Waals surface area contributed by atoms with Crippen LogP contribution in [0, 0.1) is 0 Å². The number of fused-ring (bicyclic) bond motifs is 1. The summed E-state index contributed by atoms with van der Waals surface area (Å²) < 4.78 is 34.7. The van der Waals surface area contributed by atoms with Crippen molar-refractivity contribution in [3.63, 3.8) is 0 Å². The Morgan fingerprint density at radius 2 is 1.78 bits per heavy atom. The fourth-order valence-corrected chi connectivity index (χ4v) is 5.22. The zero-order valence-electron chi connectivity index (χ0n) is 16.5. The van der Waals surface area contributed by atoms with Crippen LogP contribution >= 0.6 is 0 Å². The lowest BCUT2D eigenvalue weighted by Crippen LogP contribution is -2.48. The van der Waals surface area contributed by atoms with E-state index in [4.69, 9.17) is 4.74 Å². The summed E-state index contributed by atoms with van der Waals surface area (Å²) in [5.41, 5.74) is -0.00161. The van der Waals surface area contributed by atoms with E-state index in [0.29, 0.717) is 18.0 Å². The fraction of sp³-hybridized carbons (Fsp3) is 0.650. The summed E-state index contributed by atoms with van der Waals surface area (Å²) in [7, 11) is -3.64. The molecule has 27 heavy (non-hydrogen) atoms. The van der Waals surface area contributed by atoms with Gasteiger partial charge in [-0.15, -0.1) is 0 Å². The third-order valence-corrected chi connectivity index (χ3v) is 6.78. The molecule has 0 bridgehead atoms. The highest BCUT2D eigenvalue weighted by Gasteiger charge is 2.34. The number of anilines is 1. The highest BCUT2D eigenvalue weighted by atomic mass is 32.2. The molecule has 7 heteroatoms. The van der Waals surface area contributed by atoms with Crippen LogP contribution in [0.15, 0.2) is 23.1 Å². The van der Waals surface area contributed by atoms with Gasteiger partial charge in [-0.2, -0.15) is 0 Å². The number of nitrogens with one attached hydrogen (secondary N) is 1. The maximum atomic E-state index is 12.9. The van der Waals surface area contributed by atoms with Gasteiger partial charge < -0.3 is 9.64 Å². The molecule has 1 aliphatic carbocycles. The molecule has 0 atom stereocenters.